The third-order valence-electron chi connectivity index (χ3n) is 7.15. The molecule has 3 atom stereocenters. The highest BCUT2D eigenvalue weighted by atomic mass is 19.4. The molecule has 0 unspecified atom stereocenters. The maximum atomic E-state index is 13.4. The van der Waals surface area contributed by atoms with Gasteiger partial charge in [-0.15, -0.1) is 0 Å². The van der Waals surface area contributed by atoms with Crippen LogP contribution in [0.1, 0.15) is 41.0 Å². The molecule has 0 radical (unpaired) electrons. The summed E-state index contributed by atoms with van der Waals surface area (Å²) in [6.07, 6.45) is -5.64. The summed E-state index contributed by atoms with van der Waals surface area (Å²) in [5, 5.41) is 2.80. The lowest BCUT2D eigenvalue weighted by molar-refractivity contribution is -0.140. The lowest BCUT2D eigenvalue weighted by Crippen LogP contribution is -2.47. The van der Waals surface area contributed by atoms with Crippen molar-refractivity contribution in [3.05, 3.63) is 47.5 Å². The van der Waals surface area contributed by atoms with Gasteiger partial charge in [0.05, 0.1) is 18.1 Å². The molecule has 0 spiro atoms. The molecule has 218 valence electrons. The largest absolute Gasteiger partial charge is 0.491 e. The molecule has 0 aromatic heterocycles. The third kappa shape index (κ3) is 7.16. The lowest BCUT2D eigenvalue weighted by atomic mass is 10.0. The molecular weight excluding hydrogens is 531 g/mol. The van der Waals surface area contributed by atoms with Crippen molar-refractivity contribution in [3.63, 3.8) is 0 Å². The van der Waals surface area contributed by atoms with Crippen LogP contribution in [-0.2, 0) is 4.74 Å². The molecule has 0 saturated heterocycles. The van der Waals surface area contributed by atoms with Gasteiger partial charge in [-0.3, -0.25) is 14.5 Å². The summed E-state index contributed by atoms with van der Waals surface area (Å²) >= 11 is 0. The second kappa shape index (κ2) is 12.3. The molecule has 12 heteroatoms. The predicted octanol–water partition coefficient (Wildman–Crippen LogP) is 4.43. The van der Waals surface area contributed by atoms with Gasteiger partial charge in [-0.1, -0.05) is 6.92 Å². The van der Waals surface area contributed by atoms with Crippen LogP contribution < -0.4 is 19.5 Å². The molecule has 2 amide bonds. The number of hydrogen-bond acceptors (Lipinski definition) is 7. The van der Waals surface area contributed by atoms with Crippen molar-refractivity contribution in [2.45, 2.75) is 38.6 Å². The number of likely N-dealkylation sites (N-methyl/N-ethyl adjacent to an activating group) is 1. The monoisotopic (exact) mass is 565 g/mol. The number of rotatable bonds is 5. The molecule has 0 aliphatic carbocycles. The summed E-state index contributed by atoms with van der Waals surface area (Å²) < 4.78 is 61.5. The standard InChI is InChI=1S/C28H34F3N3O6/c1-17-13-34(10-9-28(29,30)31)18(2)15-38-23-12-20(6-7-21(23)27(36)33(3)14-25(17)37-4)32-26(35)19-5-8-22-24(11-19)40-16-39-22/h5-8,11-12,17-18,25H,9-10,13-16H2,1-4H3,(H,32,35)/t17-,18-,25-/m0/s1. The Morgan fingerprint density at radius 2 is 1.80 bits per heavy atom. The average molecular weight is 566 g/mol. The van der Waals surface area contributed by atoms with Gasteiger partial charge < -0.3 is 29.2 Å². The number of hydrogen-bond donors (Lipinski definition) is 1. The van der Waals surface area contributed by atoms with E-state index in [2.05, 4.69) is 5.32 Å². The Bertz CT molecular complexity index is 1220. The van der Waals surface area contributed by atoms with Gasteiger partial charge in [-0.2, -0.15) is 13.2 Å². The zero-order valence-corrected chi connectivity index (χ0v) is 22.9. The van der Waals surface area contributed by atoms with E-state index < -0.39 is 30.7 Å². The highest BCUT2D eigenvalue weighted by Crippen LogP contribution is 2.33. The van der Waals surface area contributed by atoms with Gasteiger partial charge in [-0.05, 0) is 43.2 Å². The first-order chi connectivity index (χ1) is 18.9. The second-order valence-electron chi connectivity index (χ2n) is 10.2. The highest BCUT2D eigenvalue weighted by Gasteiger charge is 2.32. The van der Waals surface area contributed by atoms with Gasteiger partial charge in [0.25, 0.3) is 11.8 Å². The molecule has 9 nitrogen and oxygen atoms in total. The molecular formula is C28H34F3N3O6. The van der Waals surface area contributed by atoms with Crippen LogP contribution in [0.25, 0.3) is 0 Å². The molecule has 2 aromatic rings. The van der Waals surface area contributed by atoms with Crippen molar-refractivity contribution in [2.75, 3.05) is 52.5 Å². The number of alkyl halides is 3. The fraction of sp³-hybridized carbons (Fsp3) is 0.500. The van der Waals surface area contributed by atoms with Crippen LogP contribution in [0.4, 0.5) is 18.9 Å². The number of carbonyl (C=O) groups is 2. The van der Waals surface area contributed by atoms with Crippen molar-refractivity contribution in [1.82, 2.24) is 9.80 Å². The van der Waals surface area contributed by atoms with Crippen molar-refractivity contribution in [1.29, 1.82) is 0 Å². The van der Waals surface area contributed by atoms with E-state index >= 15 is 0 Å². The van der Waals surface area contributed by atoms with E-state index in [9.17, 15) is 22.8 Å². The number of halogens is 3. The fourth-order valence-electron chi connectivity index (χ4n) is 4.75. The van der Waals surface area contributed by atoms with Gasteiger partial charge in [0.2, 0.25) is 6.79 Å². The van der Waals surface area contributed by atoms with E-state index in [1.807, 2.05) is 6.92 Å². The SMILES string of the molecule is CO[C@H]1CN(C)C(=O)c2ccc(NC(=O)c3ccc4c(c3)OCO4)cc2OC[C@H](C)N(CCC(F)(F)F)C[C@@H]1C. The first-order valence-corrected chi connectivity index (χ1v) is 13.0. The van der Waals surface area contributed by atoms with Crippen LogP contribution in [0.2, 0.25) is 0 Å². The minimum Gasteiger partial charge on any atom is -0.491 e. The maximum absolute atomic E-state index is 13.4. The summed E-state index contributed by atoms with van der Waals surface area (Å²) in [6.45, 7) is 4.18. The number of amides is 2. The summed E-state index contributed by atoms with van der Waals surface area (Å²) in [5.41, 5.74) is 0.997. The van der Waals surface area contributed by atoms with Gasteiger partial charge in [0, 0.05) is 57.2 Å². The van der Waals surface area contributed by atoms with E-state index in [-0.39, 0.29) is 49.6 Å². The Hall–Kier alpha value is -3.51. The number of nitrogens with one attached hydrogen (secondary N) is 1. The molecule has 0 bridgehead atoms. The minimum atomic E-state index is -4.29. The van der Waals surface area contributed by atoms with Gasteiger partial charge in [0.15, 0.2) is 11.5 Å². The van der Waals surface area contributed by atoms with E-state index in [0.717, 1.165) is 0 Å². The number of methoxy groups -OCH3 is 1. The zero-order chi connectivity index (χ0) is 29.0. The molecule has 2 aromatic carbocycles. The Kier molecular flexibility index (Phi) is 9.09. The summed E-state index contributed by atoms with van der Waals surface area (Å²) in [4.78, 5) is 29.5. The molecule has 2 aliphatic rings. The van der Waals surface area contributed by atoms with Crippen molar-refractivity contribution in [2.24, 2.45) is 5.92 Å². The van der Waals surface area contributed by atoms with Crippen LogP contribution >= 0.6 is 0 Å². The second-order valence-corrected chi connectivity index (χ2v) is 10.2. The van der Waals surface area contributed by atoms with E-state index in [1.165, 1.54) is 12.0 Å². The molecule has 40 heavy (non-hydrogen) atoms. The number of carbonyl (C=O) groups excluding carboxylic acids is 2. The molecule has 1 N–H and O–H groups in total. The summed E-state index contributed by atoms with van der Waals surface area (Å²) in [5.74, 6) is 0.374. The fourth-order valence-corrected chi connectivity index (χ4v) is 4.75. The average Bonchev–Trinajstić information content (AvgIpc) is 3.39. The van der Waals surface area contributed by atoms with Gasteiger partial charge >= 0.3 is 6.18 Å². The molecule has 0 fully saturated rings. The molecule has 0 saturated carbocycles. The summed E-state index contributed by atoms with van der Waals surface area (Å²) in [7, 11) is 3.16. The Labute approximate surface area is 231 Å². The quantitative estimate of drug-likeness (QED) is 0.574. The number of ether oxygens (including phenoxy) is 4. The first kappa shape index (κ1) is 29.5. The Balaban J connectivity index is 1.59. The van der Waals surface area contributed by atoms with Gasteiger partial charge in [-0.25, -0.2) is 0 Å². The molecule has 4 rings (SSSR count). The van der Waals surface area contributed by atoms with Crippen LogP contribution in [-0.4, -0.2) is 87.1 Å². The maximum Gasteiger partial charge on any atom is 0.390 e. The Morgan fingerprint density at radius 1 is 1.05 bits per heavy atom. The van der Waals surface area contributed by atoms with Crippen LogP contribution in [0, 0.1) is 5.92 Å². The summed E-state index contributed by atoms with van der Waals surface area (Å²) in [6, 6.07) is 9.14. The molecule has 2 aliphatic heterocycles. The molecule has 2 heterocycles. The highest BCUT2D eigenvalue weighted by molar-refractivity contribution is 6.05. The first-order valence-electron chi connectivity index (χ1n) is 13.0. The van der Waals surface area contributed by atoms with Crippen molar-refractivity contribution < 1.29 is 41.7 Å². The normalized spacial score (nSPS) is 22.1. The van der Waals surface area contributed by atoms with Gasteiger partial charge in [0.1, 0.15) is 12.4 Å². The zero-order valence-electron chi connectivity index (χ0n) is 22.9. The minimum absolute atomic E-state index is 0.0335. The smallest absolute Gasteiger partial charge is 0.390 e. The van der Waals surface area contributed by atoms with E-state index in [4.69, 9.17) is 18.9 Å². The van der Waals surface area contributed by atoms with Crippen LogP contribution in [0.5, 0.6) is 17.2 Å². The Morgan fingerprint density at radius 3 is 2.52 bits per heavy atom. The van der Waals surface area contributed by atoms with E-state index in [0.29, 0.717) is 29.3 Å². The number of benzene rings is 2. The lowest BCUT2D eigenvalue weighted by Gasteiger charge is -2.36. The van der Waals surface area contributed by atoms with Crippen molar-refractivity contribution >= 4 is 17.5 Å². The third-order valence-corrected chi connectivity index (χ3v) is 7.15. The van der Waals surface area contributed by atoms with Crippen LogP contribution in [0.15, 0.2) is 36.4 Å². The van der Waals surface area contributed by atoms with Crippen LogP contribution in [0.3, 0.4) is 0 Å². The number of fused-ring (bicyclic) bond motifs is 2. The van der Waals surface area contributed by atoms with E-state index in [1.54, 1.807) is 55.3 Å². The predicted molar refractivity (Wildman–Crippen MR) is 141 cm³/mol. The number of nitrogens with zero attached hydrogens (tertiary/aromatic N) is 2. The van der Waals surface area contributed by atoms with Crippen molar-refractivity contribution in [3.8, 4) is 17.2 Å². The topological polar surface area (TPSA) is 89.6 Å². The number of anilines is 1.